The smallest absolute Gasteiger partial charge is 0.381 e. The molecule has 1 rings (SSSR count). The summed E-state index contributed by atoms with van der Waals surface area (Å²) in [6.45, 7) is 2.34. The number of carboxylic acid groups (broad SMARTS) is 1. The van der Waals surface area contributed by atoms with Crippen LogP contribution in [0.15, 0.2) is 12.5 Å². The van der Waals surface area contributed by atoms with E-state index in [9.17, 15) is 19.7 Å². The Hall–Kier alpha value is -2.45. The lowest BCUT2D eigenvalue weighted by molar-refractivity contribution is -0.389. The van der Waals surface area contributed by atoms with Gasteiger partial charge in [0.25, 0.3) is 0 Å². The van der Waals surface area contributed by atoms with Crippen molar-refractivity contribution in [3.05, 3.63) is 22.6 Å². The van der Waals surface area contributed by atoms with Gasteiger partial charge in [0.15, 0.2) is 0 Å². The van der Waals surface area contributed by atoms with Crippen LogP contribution >= 0.6 is 0 Å². The number of aryl methyl sites for hydroxylation is 1. The highest BCUT2D eigenvalue weighted by atomic mass is 16.6. The molecule has 0 saturated carbocycles. The lowest BCUT2D eigenvalue weighted by Crippen LogP contribution is -2.26. The molecule has 0 spiro atoms. The summed E-state index contributed by atoms with van der Waals surface area (Å²) in [6, 6.07) is 0. The molecule has 0 aromatic carbocycles. The molecular weight excluding hydrogens is 280 g/mol. The second kappa shape index (κ2) is 7.98. The molecule has 21 heavy (non-hydrogen) atoms. The fourth-order valence-electron chi connectivity index (χ4n) is 1.64. The Morgan fingerprint density at radius 1 is 1.57 bits per heavy atom. The van der Waals surface area contributed by atoms with Crippen molar-refractivity contribution in [2.75, 3.05) is 6.54 Å². The number of imidazole rings is 1. The molecule has 0 fully saturated rings. The van der Waals surface area contributed by atoms with Crippen LogP contribution in [-0.2, 0) is 16.1 Å². The van der Waals surface area contributed by atoms with E-state index in [2.05, 4.69) is 10.3 Å². The Morgan fingerprint density at radius 3 is 2.86 bits per heavy atom. The summed E-state index contributed by atoms with van der Waals surface area (Å²) in [7, 11) is 0. The minimum atomic E-state index is -0.844. The summed E-state index contributed by atoms with van der Waals surface area (Å²) >= 11 is 0. The largest absolute Gasteiger partial charge is 0.481 e. The number of nitro groups is 1. The molecule has 0 bridgehead atoms. The van der Waals surface area contributed by atoms with Gasteiger partial charge in [-0.05, 0) is 22.7 Å². The number of hydrogen-bond donors (Lipinski definition) is 2. The first-order valence-corrected chi connectivity index (χ1v) is 6.56. The minimum Gasteiger partial charge on any atom is -0.481 e. The molecule has 0 aliphatic rings. The molecule has 1 aromatic heterocycles. The van der Waals surface area contributed by atoms with Crippen molar-refractivity contribution in [2.45, 2.75) is 32.7 Å². The van der Waals surface area contributed by atoms with Gasteiger partial charge in [0.2, 0.25) is 12.2 Å². The molecule has 1 unspecified atom stereocenters. The monoisotopic (exact) mass is 298 g/mol. The molecule has 1 atom stereocenters. The van der Waals surface area contributed by atoms with Crippen molar-refractivity contribution < 1.29 is 19.6 Å². The molecular formula is C12H18N4O5. The zero-order valence-electron chi connectivity index (χ0n) is 11.7. The molecule has 1 heterocycles. The van der Waals surface area contributed by atoms with Gasteiger partial charge >= 0.3 is 11.8 Å². The number of hydrogen-bond acceptors (Lipinski definition) is 5. The van der Waals surface area contributed by atoms with Gasteiger partial charge in [-0.1, -0.05) is 6.92 Å². The number of amides is 1. The number of carbonyl (C=O) groups is 2. The highest BCUT2D eigenvalue weighted by molar-refractivity contribution is 5.75. The van der Waals surface area contributed by atoms with E-state index in [1.165, 1.54) is 17.1 Å². The summed E-state index contributed by atoms with van der Waals surface area (Å²) < 4.78 is 1.48. The van der Waals surface area contributed by atoms with Gasteiger partial charge in [-0.25, -0.2) is 0 Å². The third-order valence-electron chi connectivity index (χ3n) is 2.96. The third kappa shape index (κ3) is 6.02. The maximum Gasteiger partial charge on any atom is 0.381 e. The van der Waals surface area contributed by atoms with Crippen molar-refractivity contribution in [3.63, 3.8) is 0 Å². The predicted octanol–water partition coefficient (Wildman–Crippen LogP) is 0.799. The van der Waals surface area contributed by atoms with Crippen molar-refractivity contribution in [1.82, 2.24) is 14.9 Å². The standard InChI is InChI=1S/C12H18N4O5/c1-9(12(18)19)3-2-5-13-11(17)4-6-15-7-10(14-8-15)16(20)21/h7-9H,2-6H2,1H3,(H,13,17)(H,18,19). The Bertz CT molecular complexity index is 514. The van der Waals surface area contributed by atoms with E-state index in [1.807, 2.05) is 0 Å². The van der Waals surface area contributed by atoms with Crippen LogP contribution in [0.4, 0.5) is 5.82 Å². The van der Waals surface area contributed by atoms with Crippen LogP contribution < -0.4 is 5.32 Å². The van der Waals surface area contributed by atoms with Crippen molar-refractivity contribution in [1.29, 1.82) is 0 Å². The maximum atomic E-state index is 11.5. The van der Waals surface area contributed by atoms with Gasteiger partial charge in [-0.2, -0.15) is 0 Å². The van der Waals surface area contributed by atoms with Gasteiger partial charge < -0.3 is 25.1 Å². The van der Waals surface area contributed by atoms with Gasteiger partial charge in [0.1, 0.15) is 6.20 Å². The Kier molecular flexibility index (Phi) is 6.31. The molecule has 2 N–H and O–H groups in total. The summed E-state index contributed by atoms with van der Waals surface area (Å²) in [5.74, 6) is -1.70. The van der Waals surface area contributed by atoms with Gasteiger partial charge in [-0.15, -0.1) is 0 Å². The van der Waals surface area contributed by atoms with Crippen LogP contribution in [0.25, 0.3) is 0 Å². The van der Waals surface area contributed by atoms with E-state index in [1.54, 1.807) is 6.92 Å². The first-order chi connectivity index (χ1) is 9.90. The quantitative estimate of drug-likeness (QED) is 0.394. The SMILES string of the molecule is CC(CCCNC(=O)CCn1cnc([N+](=O)[O-])c1)C(=O)O. The number of aliphatic carboxylic acids is 1. The lowest BCUT2D eigenvalue weighted by atomic mass is 10.1. The average molecular weight is 298 g/mol. The van der Waals surface area contributed by atoms with Crippen LogP contribution in [0.5, 0.6) is 0 Å². The Balaban J connectivity index is 2.19. The number of carbonyl (C=O) groups excluding carboxylic acids is 1. The normalized spacial score (nSPS) is 11.9. The fourth-order valence-corrected chi connectivity index (χ4v) is 1.64. The highest BCUT2D eigenvalue weighted by Gasteiger charge is 2.11. The Morgan fingerprint density at radius 2 is 2.29 bits per heavy atom. The van der Waals surface area contributed by atoms with E-state index < -0.39 is 16.8 Å². The summed E-state index contributed by atoms with van der Waals surface area (Å²) in [5, 5.41) is 21.8. The predicted molar refractivity (Wildman–Crippen MR) is 72.5 cm³/mol. The topological polar surface area (TPSA) is 127 Å². The van der Waals surface area contributed by atoms with Crippen molar-refractivity contribution in [2.24, 2.45) is 5.92 Å². The molecule has 9 heteroatoms. The minimum absolute atomic E-state index is 0.183. The molecule has 0 aliphatic carbocycles. The molecule has 1 amide bonds. The van der Waals surface area contributed by atoms with Crippen molar-refractivity contribution >= 4 is 17.7 Å². The van der Waals surface area contributed by atoms with Gasteiger partial charge in [0, 0.05) is 19.5 Å². The zero-order chi connectivity index (χ0) is 15.8. The average Bonchev–Trinajstić information content (AvgIpc) is 2.90. The number of nitrogens with one attached hydrogen (secondary N) is 1. The first kappa shape index (κ1) is 16.6. The van der Waals surface area contributed by atoms with Crippen LogP contribution in [0.1, 0.15) is 26.2 Å². The van der Waals surface area contributed by atoms with E-state index in [-0.39, 0.29) is 18.1 Å². The molecule has 116 valence electrons. The molecule has 1 aromatic rings. The molecule has 9 nitrogen and oxygen atoms in total. The molecule has 0 aliphatic heterocycles. The van der Waals surface area contributed by atoms with E-state index in [4.69, 9.17) is 5.11 Å². The third-order valence-corrected chi connectivity index (χ3v) is 2.96. The van der Waals surface area contributed by atoms with Crippen LogP contribution in [0.2, 0.25) is 0 Å². The van der Waals surface area contributed by atoms with Crippen LogP contribution in [0, 0.1) is 16.0 Å². The van der Waals surface area contributed by atoms with Crippen molar-refractivity contribution in [3.8, 4) is 0 Å². The van der Waals surface area contributed by atoms with Gasteiger partial charge in [-0.3, -0.25) is 9.59 Å². The number of rotatable bonds is 9. The lowest BCUT2D eigenvalue weighted by Gasteiger charge is -2.07. The number of nitrogens with zero attached hydrogens (tertiary/aromatic N) is 3. The summed E-state index contributed by atoms with van der Waals surface area (Å²) in [4.78, 5) is 35.6. The summed E-state index contributed by atoms with van der Waals surface area (Å²) in [5.41, 5.74) is 0. The second-order valence-corrected chi connectivity index (χ2v) is 4.71. The molecule has 0 radical (unpaired) electrons. The van der Waals surface area contributed by atoms with Crippen LogP contribution in [0.3, 0.4) is 0 Å². The van der Waals surface area contributed by atoms with E-state index >= 15 is 0 Å². The maximum absolute atomic E-state index is 11.5. The van der Waals surface area contributed by atoms with E-state index in [0.717, 1.165) is 0 Å². The summed E-state index contributed by atoms with van der Waals surface area (Å²) in [6.07, 6.45) is 3.85. The van der Waals surface area contributed by atoms with Gasteiger partial charge in [0.05, 0.1) is 5.92 Å². The Labute approximate surface area is 121 Å². The van der Waals surface area contributed by atoms with E-state index in [0.29, 0.717) is 25.9 Å². The fraction of sp³-hybridized carbons (Fsp3) is 0.583. The first-order valence-electron chi connectivity index (χ1n) is 6.56. The number of carboxylic acids is 1. The zero-order valence-corrected chi connectivity index (χ0v) is 11.7. The van der Waals surface area contributed by atoms with Crippen LogP contribution in [-0.4, -0.2) is 38.0 Å². The number of aromatic nitrogens is 2. The second-order valence-electron chi connectivity index (χ2n) is 4.71. The highest BCUT2D eigenvalue weighted by Crippen LogP contribution is 2.06. The molecule has 0 saturated heterocycles.